The van der Waals surface area contributed by atoms with Gasteiger partial charge in [0.25, 0.3) is 0 Å². The summed E-state index contributed by atoms with van der Waals surface area (Å²) in [5.74, 6) is -1.28. The Morgan fingerprint density at radius 1 is 0.925 bits per heavy atom. The number of hydrogen-bond acceptors (Lipinski definition) is 7. The van der Waals surface area contributed by atoms with Crippen molar-refractivity contribution in [2.24, 2.45) is 17.6 Å². The van der Waals surface area contributed by atoms with Crippen molar-refractivity contribution in [2.75, 3.05) is 13.6 Å². The van der Waals surface area contributed by atoms with Gasteiger partial charge in [-0.25, -0.2) is 0 Å². The van der Waals surface area contributed by atoms with Gasteiger partial charge in [-0.3, -0.25) is 14.4 Å². The van der Waals surface area contributed by atoms with Gasteiger partial charge >= 0.3 is 0 Å². The van der Waals surface area contributed by atoms with Gasteiger partial charge in [0.05, 0.1) is 12.0 Å². The molecule has 0 heterocycles. The number of amides is 3. The van der Waals surface area contributed by atoms with Gasteiger partial charge in [0.1, 0.15) is 18.1 Å². The molecule has 4 unspecified atom stereocenters. The van der Waals surface area contributed by atoms with Crippen LogP contribution in [0.1, 0.15) is 76.2 Å². The molecule has 0 bridgehead atoms. The van der Waals surface area contributed by atoms with E-state index in [1.165, 1.54) is 0 Å². The molecule has 3 amide bonds. The van der Waals surface area contributed by atoms with E-state index in [1.54, 1.807) is 31.3 Å². The van der Waals surface area contributed by atoms with Gasteiger partial charge in [-0.1, -0.05) is 44.2 Å². The summed E-state index contributed by atoms with van der Waals surface area (Å²) in [6.45, 7) is 0.582. The Kier molecular flexibility index (Phi) is 12.9. The zero-order valence-corrected chi connectivity index (χ0v) is 23.7. The van der Waals surface area contributed by atoms with Crippen molar-refractivity contribution >= 4 is 24.0 Å². The standard InChI is InChI=1S/C30H47N5O5/c1-32-26(12-6-7-17-31)29(39)34-25-11-5-3-9-23(25)28(38)35-27(18-20-13-15-22(37)16-14-20)30(40)33-24-10-4-2-8-21(24)19-36/h13-16,19,21,23-27,32,37H,2-12,17-18,31H2,1H3,(H,33,40)(H,34,39)(H,35,38)/t21?,23?,24-,25-,26?,27?/m1/s1. The number of benzene rings is 1. The molecule has 3 rings (SSSR count). The molecule has 10 heteroatoms. The van der Waals surface area contributed by atoms with Gasteiger partial charge in [-0.2, -0.15) is 0 Å². The highest BCUT2D eigenvalue weighted by molar-refractivity contribution is 5.90. The Bertz CT molecular complexity index is 972. The molecular formula is C30H47N5O5. The van der Waals surface area contributed by atoms with E-state index in [9.17, 15) is 24.3 Å². The first kappa shape index (κ1) is 31.5. The number of phenolic OH excluding ortho intramolecular Hbond substituents is 1. The first-order valence-corrected chi connectivity index (χ1v) is 14.9. The van der Waals surface area contributed by atoms with Crippen molar-refractivity contribution in [3.8, 4) is 5.75 Å². The Morgan fingerprint density at radius 2 is 1.55 bits per heavy atom. The quantitative estimate of drug-likeness (QED) is 0.150. The number of likely N-dealkylation sites (N-methyl/N-ethyl adjacent to an activating group) is 1. The maximum absolute atomic E-state index is 13.6. The lowest BCUT2D eigenvalue weighted by Gasteiger charge is -2.34. The minimum atomic E-state index is -0.856. The van der Waals surface area contributed by atoms with Gasteiger partial charge < -0.3 is 36.9 Å². The second kappa shape index (κ2) is 16.3. The summed E-state index contributed by atoms with van der Waals surface area (Å²) in [4.78, 5) is 51.8. The molecule has 7 N–H and O–H groups in total. The molecule has 2 saturated carbocycles. The highest BCUT2D eigenvalue weighted by atomic mass is 16.3. The number of nitrogens with one attached hydrogen (secondary N) is 4. The van der Waals surface area contributed by atoms with Crippen LogP contribution in [0.2, 0.25) is 0 Å². The molecule has 2 aliphatic rings. The molecule has 1 aromatic rings. The topological polar surface area (TPSA) is 163 Å². The number of unbranched alkanes of at least 4 members (excludes halogenated alkanes) is 1. The minimum Gasteiger partial charge on any atom is -0.508 e. The minimum absolute atomic E-state index is 0.119. The van der Waals surface area contributed by atoms with Gasteiger partial charge in [-0.05, 0) is 69.8 Å². The second-order valence-electron chi connectivity index (χ2n) is 11.3. The number of hydrogen-bond donors (Lipinski definition) is 6. The highest BCUT2D eigenvalue weighted by Gasteiger charge is 2.36. The van der Waals surface area contributed by atoms with Crippen molar-refractivity contribution in [1.82, 2.24) is 21.3 Å². The van der Waals surface area contributed by atoms with E-state index in [-0.39, 0.29) is 53.9 Å². The molecule has 2 aliphatic carbocycles. The van der Waals surface area contributed by atoms with E-state index in [4.69, 9.17) is 5.73 Å². The fraction of sp³-hybridized carbons (Fsp3) is 0.667. The monoisotopic (exact) mass is 557 g/mol. The van der Waals surface area contributed by atoms with Crippen LogP contribution in [0.3, 0.4) is 0 Å². The molecule has 0 radical (unpaired) electrons. The largest absolute Gasteiger partial charge is 0.508 e. The summed E-state index contributed by atoms with van der Waals surface area (Å²) in [5.41, 5.74) is 6.38. The van der Waals surface area contributed by atoms with Crippen LogP contribution < -0.4 is 27.0 Å². The fourth-order valence-electron chi connectivity index (χ4n) is 5.94. The van der Waals surface area contributed by atoms with Gasteiger partial charge in [0.15, 0.2) is 0 Å². The number of rotatable bonds is 14. The van der Waals surface area contributed by atoms with Crippen LogP contribution in [0.5, 0.6) is 5.75 Å². The van der Waals surface area contributed by atoms with Crippen LogP contribution in [0, 0.1) is 11.8 Å². The maximum Gasteiger partial charge on any atom is 0.243 e. The van der Waals surface area contributed by atoms with E-state index in [1.807, 2.05) is 0 Å². The van der Waals surface area contributed by atoms with Gasteiger partial charge in [0.2, 0.25) is 17.7 Å². The molecular weight excluding hydrogens is 510 g/mol. The van der Waals surface area contributed by atoms with Crippen molar-refractivity contribution in [2.45, 2.75) is 101 Å². The normalized spacial score (nSPS) is 24.4. The van der Waals surface area contributed by atoms with Crippen LogP contribution in [0.25, 0.3) is 0 Å². The van der Waals surface area contributed by atoms with E-state index in [0.29, 0.717) is 25.8 Å². The third-order valence-corrected chi connectivity index (χ3v) is 8.37. The molecule has 2 fully saturated rings. The lowest BCUT2D eigenvalue weighted by Crippen LogP contribution is -2.57. The first-order chi connectivity index (χ1) is 19.4. The van der Waals surface area contributed by atoms with E-state index in [0.717, 1.165) is 63.2 Å². The zero-order valence-electron chi connectivity index (χ0n) is 23.7. The van der Waals surface area contributed by atoms with Crippen LogP contribution in [-0.4, -0.2) is 66.9 Å². The predicted molar refractivity (Wildman–Crippen MR) is 153 cm³/mol. The molecule has 0 spiro atoms. The molecule has 0 aliphatic heterocycles. The second-order valence-corrected chi connectivity index (χ2v) is 11.3. The Labute approximate surface area is 237 Å². The summed E-state index contributed by atoms with van der Waals surface area (Å²) in [6.07, 6.45) is 9.98. The van der Waals surface area contributed by atoms with Crippen molar-refractivity contribution in [3.63, 3.8) is 0 Å². The molecule has 40 heavy (non-hydrogen) atoms. The number of carbonyl (C=O) groups is 4. The average Bonchev–Trinajstić information content (AvgIpc) is 2.96. The Morgan fingerprint density at radius 3 is 2.23 bits per heavy atom. The average molecular weight is 558 g/mol. The van der Waals surface area contributed by atoms with Crippen molar-refractivity contribution < 1.29 is 24.3 Å². The Balaban J connectivity index is 1.71. The SMILES string of the molecule is CNC(CCCCN)C(=O)N[C@@H]1CCCCC1C(=O)NC(Cc1ccc(O)cc1)C(=O)N[C@@H]1CCCCC1C=O. The molecule has 1 aromatic carbocycles. The number of aromatic hydroxyl groups is 1. The summed E-state index contributed by atoms with van der Waals surface area (Å²) >= 11 is 0. The van der Waals surface area contributed by atoms with E-state index in [2.05, 4.69) is 21.3 Å². The van der Waals surface area contributed by atoms with E-state index >= 15 is 0 Å². The van der Waals surface area contributed by atoms with Crippen LogP contribution in [0.4, 0.5) is 0 Å². The van der Waals surface area contributed by atoms with E-state index < -0.39 is 12.0 Å². The fourth-order valence-corrected chi connectivity index (χ4v) is 5.94. The predicted octanol–water partition coefficient (Wildman–Crippen LogP) is 1.69. The Hall–Kier alpha value is -2.98. The van der Waals surface area contributed by atoms with Gasteiger partial charge in [0, 0.05) is 24.4 Å². The maximum atomic E-state index is 13.6. The van der Waals surface area contributed by atoms with Crippen molar-refractivity contribution in [1.29, 1.82) is 0 Å². The number of carbonyl (C=O) groups excluding carboxylic acids is 4. The van der Waals surface area contributed by atoms with Crippen molar-refractivity contribution in [3.05, 3.63) is 29.8 Å². The molecule has 0 saturated heterocycles. The summed E-state index contributed by atoms with van der Waals surface area (Å²) < 4.78 is 0. The summed E-state index contributed by atoms with van der Waals surface area (Å²) in [5, 5.41) is 21.9. The van der Waals surface area contributed by atoms with Gasteiger partial charge in [-0.15, -0.1) is 0 Å². The van der Waals surface area contributed by atoms with Crippen LogP contribution in [-0.2, 0) is 25.6 Å². The third kappa shape index (κ3) is 9.30. The summed E-state index contributed by atoms with van der Waals surface area (Å²) in [7, 11) is 1.76. The third-order valence-electron chi connectivity index (χ3n) is 8.37. The van der Waals surface area contributed by atoms with Crippen LogP contribution in [0.15, 0.2) is 24.3 Å². The van der Waals surface area contributed by atoms with Crippen LogP contribution >= 0.6 is 0 Å². The molecule has 222 valence electrons. The lowest BCUT2D eigenvalue weighted by atomic mass is 9.83. The first-order valence-electron chi connectivity index (χ1n) is 14.9. The lowest BCUT2D eigenvalue weighted by molar-refractivity contribution is -0.134. The number of phenols is 1. The molecule has 10 nitrogen and oxygen atoms in total. The molecule has 0 aromatic heterocycles. The highest BCUT2D eigenvalue weighted by Crippen LogP contribution is 2.26. The number of aldehydes is 1. The zero-order chi connectivity index (χ0) is 28.9. The smallest absolute Gasteiger partial charge is 0.243 e. The number of nitrogens with two attached hydrogens (primary N) is 1. The molecule has 6 atom stereocenters. The summed E-state index contributed by atoms with van der Waals surface area (Å²) in [6, 6.07) is 4.77.